The fraction of sp³-hybridized carbons (Fsp3) is 0.522. The highest BCUT2D eigenvalue weighted by atomic mass is 32.2. The number of amides is 3. The predicted octanol–water partition coefficient (Wildman–Crippen LogP) is 2.30. The van der Waals surface area contributed by atoms with Crippen molar-refractivity contribution in [3.63, 3.8) is 0 Å². The standard InChI is InChI=1S/C20H24N4O5S.C3H7NOS/c1-22(2)19(27)30-20(18(26)23(3)7-8-25)10-14(11-21)17(24(20)4)13-5-6-15-16(9-13)29-12-28-15;1-4(2)3(5)6/h5-6,8-9,14,17H,7,10,12H2,1-4H3;1-2H3,(H,5,6)/t14-,17+,20+;/m1./s1. The molecule has 3 amide bonds. The number of benzene rings is 1. The number of likely N-dealkylation sites (tertiary alicyclic amines) is 1. The van der Waals surface area contributed by atoms with Gasteiger partial charge in [-0.05, 0) is 36.5 Å². The summed E-state index contributed by atoms with van der Waals surface area (Å²) in [7, 11) is 9.76. The van der Waals surface area contributed by atoms with Gasteiger partial charge in [0, 0.05) is 41.7 Å². The normalized spacial score (nSPS) is 22.1. The summed E-state index contributed by atoms with van der Waals surface area (Å²) >= 11 is 4.35. The Hall–Kier alpha value is -2.95. The van der Waals surface area contributed by atoms with Crippen LogP contribution in [0.5, 0.6) is 11.5 Å². The Labute approximate surface area is 220 Å². The number of carbonyl (C=O) groups is 4. The summed E-state index contributed by atoms with van der Waals surface area (Å²) in [5, 5.41) is 9.37. The van der Waals surface area contributed by atoms with Crippen molar-refractivity contribution in [2.24, 2.45) is 5.92 Å². The van der Waals surface area contributed by atoms with Gasteiger partial charge in [-0.2, -0.15) is 5.26 Å². The molecule has 0 N–H and O–H groups in total. The van der Waals surface area contributed by atoms with Crippen LogP contribution in [0.3, 0.4) is 0 Å². The van der Waals surface area contributed by atoms with Gasteiger partial charge in [-0.25, -0.2) is 0 Å². The van der Waals surface area contributed by atoms with Crippen molar-refractivity contribution >= 4 is 47.1 Å². The highest BCUT2D eigenvalue weighted by Gasteiger charge is 2.58. The lowest BCUT2D eigenvalue weighted by atomic mass is 9.94. The predicted molar refractivity (Wildman–Crippen MR) is 138 cm³/mol. The van der Waals surface area contributed by atoms with Crippen LogP contribution in [-0.2, 0) is 9.59 Å². The molecule has 0 aromatic heterocycles. The van der Waals surface area contributed by atoms with Crippen LogP contribution in [0.15, 0.2) is 18.2 Å². The molecule has 13 heteroatoms. The summed E-state index contributed by atoms with van der Waals surface area (Å²) in [5.41, 5.74) is 0.791. The molecule has 0 unspecified atom stereocenters. The molecule has 1 aromatic rings. The molecule has 0 saturated carbocycles. The Morgan fingerprint density at radius 1 is 1.19 bits per heavy atom. The van der Waals surface area contributed by atoms with Gasteiger partial charge in [0.15, 0.2) is 16.4 Å². The van der Waals surface area contributed by atoms with E-state index in [-0.39, 0.29) is 36.1 Å². The maximum atomic E-state index is 13.4. The molecule has 11 nitrogen and oxygen atoms in total. The van der Waals surface area contributed by atoms with Gasteiger partial charge in [-0.3, -0.25) is 19.3 Å². The van der Waals surface area contributed by atoms with Crippen molar-refractivity contribution in [2.45, 2.75) is 17.3 Å². The number of thioether (sulfide) groups is 1. The number of thiol groups is 1. The Bertz CT molecular complexity index is 1050. The van der Waals surface area contributed by atoms with Gasteiger partial charge in [0.2, 0.25) is 6.79 Å². The van der Waals surface area contributed by atoms with Crippen molar-refractivity contribution in [2.75, 3.05) is 55.6 Å². The highest BCUT2D eigenvalue weighted by molar-refractivity contribution is 8.15. The SMILES string of the molecule is CN(C)C(=O)S.CN(C)C(=O)S[C@]1(C(=O)N(C)CC=O)C[C@H](C#N)[C@H](c2ccc3c(c2)OCO3)N1C. The highest BCUT2D eigenvalue weighted by Crippen LogP contribution is 2.53. The smallest absolute Gasteiger partial charge is 0.283 e. The minimum absolute atomic E-state index is 0.100. The third kappa shape index (κ3) is 6.24. The van der Waals surface area contributed by atoms with E-state index in [1.807, 2.05) is 12.1 Å². The average Bonchev–Trinajstić information content (AvgIpc) is 3.41. The summed E-state index contributed by atoms with van der Waals surface area (Å²) < 4.78 is 10.8. The van der Waals surface area contributed by atoms with Crippen molar-refractivity contribution in [3.05, 3.63) is 23.8 Å². The molecule has 1 saturated heterocycles. The number of likely N-dealkylation sites (N-methyl/N-ethyl adjacent to an activating group) is 2. The number of hydrogen-bond donors (Lipinski definition) is 1. The van der Waals surface area contributed by atoms with Crippen LogP contribution < -0.4 is 9.47 Å². The number of rotatable bonds is 5. The van der Waals surface area contributed by atoms with Crippen LogP contribution in [0.25, 0.3) is 0 Å². The van der Waals surface area contributed by atoms with Crippen LogP contribution in [-0.4, -0.2) is 103 Å². The van der Waals surface area contributed by atoms with E-state index in [1.54, 1.807) is 46.2 Å². The molecule has 36 heavy (non-hydrogen) atoms. The van der Waals surface area contributed by atoms with E-state index in [1.165, 1.54) is 21.7 Å². The molecule has 3 rings (SSSR count). The minimum atomic E-state index is -1.32. The molecule has 196 valence electrons. The number of hydrogen-bond acceptors (Lipinski definition) is 9. The number of nitriles is 1. The van der Waals surface area contributed by atoms with Gasteiger partial charge in [0.1, 0.15) is 6.29 Å². The average molecular weight is 538 g/mol. The number of carbonyl (C=O) groups excluding carboxylic acids is 4. The maximum Gasteiger partial charge on any atom is 0.283 e. The Balaban J connectivity index is 0.000000678. The number of aldehydes is 1. The van der Waals surface area contributed by atoms with Gasteiger partial charge < -0.3 is 29.0 Å². The quantitative estimate of drug-likeness (QED) is 0.445. The Morgan fingerprint density at radius 3 is 2.33 bits per heavy atom. The third-order valence-corrected chi connectivity index (χ3v) is 7.71. The van der Waals surface area contributed by atoms with E-state index in [2.05, 4.69) is 18.7 Å². The maximum absolute atomic E-state index is 13.4. The molecule has 0 spiro atoms. The second kappa shape index (κ2) is 12.3. The largest absolute Gasteiger partial charge is 0.454 e. The topological polar surface area (TPSA) is 123 Å². The Morgan fingerprint density at radius 2 is 1.81 bits per heavy atom. The second-order valence-corrected chi connectivity index (χ2v) is 10.3. The summed E-state index contributed by atoms with van der Waals surface area (Å²) in [5.74, 6) is 0.266. The molecule has 1 fully saturated rings. The van der Waals surface area contributed by atoms with Crippen molar-refractivity contribution in [1.29, 1.82) is 5.26 Å². The molecular weight excluding hydrogens is 506 g/mol. The van der Waals surface area contributed by atoms with Crippen LogP contribution >= 0.6 is 24.4 Å². The minimum Gasteiger partial charge on any atom is -0.454 e. The van der Waals surface area contributed by atoms with Crippen molar-refractivity contribution < 1.29 is 28.7 Å². The van der Waals surface area contributed by atoms with Crippen LogP contribution in [0.4, 0.5) is 9.59 Å². The molecule has 0 radical (unpaired) electrons. The van der Waals surface area contributed by atoms with Crippen molar-refractivity contribution in [1.82, 2.24) is 19.6 Å². The van der Waals surface area contributed by atoms with Gasteiger partial charge in [-0.15, -0.1) is 0 Å². The first-order valence-corrected chi connectivity index (χ1v) is 12.2. The van der Waals surface area contributed by atoms with E-state index in [9.17, 15) is 24.4 Å². The van der Waals surface area contributed by atoms with E-state index < -0.39 is 16.8 Å². The fourth-order valence-corrected chi connectivity index (χ4v) is 5.08. The lowest BCUT2D eigenvalue weighted by Crippen LogP contribution is -2.54. The first-order valence-electron chi connectivity index (χ1n) is 10.9. The van der Waals surface area contributed by atoms with Crippen molar-refractivity contribution in [3.8, 4) is 17.6 Å². The lowest BCUT2D eigenvalue weighted by Gasteiger charge is -2.38. The lowest BCUT2D eigenvalue weighted by molar-refractivity contribution is -0.137. The molecule has 3 atom stereocenters. The van der Waals surface area contributed by atoms with E-state index in [4.69, 9.17) is 9.47 Å². The van der Waals surface area contributed by atoms with Gasteiger partial charge in [0.25, 0.3) is 16.4 Å². The summed E-state index contributed by atoms with van der Waals surface area (Å²) in [6.07, 6.45) is 0.779. The summed E-state index contributed by atoms with van der Waals surface area (Å²) in [6.45, 7) is 0.0319. The van der Waals surface area contributed by atoms with E-state index in [0.717, 1.165) is 17.3 Å². The summed E-state index contributed by atoms with van der Waals surface area (Å²) in [4.78, 5) is 51.5. The first kappa shape index (κ1) is 29.3. The fourth-order valence-electron chi connectivity index (χ4n) is 3.84. The first-order chi connectivity index (χ1) is 16.9. The molecule has 1 aromatic carbocycles. The van der Waals surface area contributed by atoms with Gasteiger partial charge in [-0.1, -0.05) is 18.7 Å². The molecular formula is C23H31N5O6S2. The molecule has 0 aliphatic carbocycles. The summed E-state index contributed by atoms with van der Waals surface area (Å²) in [6, 6.07) is 7.28. The monoisotopic (exact) mass is 537 g/mol. The van der Waals surface area contributed by atoms with E-state index >= 15 is 0 Å². The van der Waals surface area contributed by atoms with E-state index in [0.29, 0.717) is 17.8 Å². The molecule has 2 aliphatic rings. The zero-order chi connectivity index (χ0) is 27.2. The zero-order valence-electron chi connectivity index (χ0n) is 21.1. The van der Waals surface area contributed by atoms with Crippen LogP contribution in [0.2, 0.25) is 0 Å². The molecule has 2 aliphatic heterocycles. The number of fused-ring (bicyclic) bond motifs is 1. The van der Waals surface area contributed by atoms with Gasteiger partial charge >= 0.3 is 0 Å². The molecule has 0 bridgehead atoms. The zero-order valence-corrected chi connectivity index (χ0v) is 22.8. The second-order valence-electron chi connectivity index (χ2n) is 8.68. The number of nitrogens with zero attached hydrogens (tertiary/aromatic N) is 5. The van der Waals surface area contributed by atoms with Crippen LogP contribution in [0.1, 0.15) is 18.0 Å². The van der Waals surface area contributed by atoms with Gasteiger partial charge in [0.05, 0.1) is 24.6 Å². The third-order valence-electron chi connectivity index (χ3n) is 5.80. The molecule has 2 heterocycles. The Kier molecular flexibility index (Phi) is 10.0. The van der Waals surface area contributed by atoms with Crippen LogP contribution in [0, 0.1) is 17.2 Å². The number of ether oxygens (including phenoxy) is 2.